The largest absolute Gasteiger partial charge is 0.511 e. The lowest BCUT2D eigenvalue weighted by atomic mass is 10.1. The molecule has 0 aromatic heterocycles. The molecule has 0 bridgehead atoms. The first kappa shape index (κ1) is 22.0. The zero-order valence-corrected chi connectivity index (χ0v) is 16.1. The Morgan fingerprint density at radius 2 is 2.04 bits per heavy atom. The van der Waals surface area contributed by atoms with E-state index >= 15 is 0 Å². The summed E-state index contributed by atoms with van der Waals surface area (Å²) in [5.41, 5.74) is -3.90. The number of hydrogen-bond donors (Lipinski definition) is 2. The van der Waals surface area contributed by atoms with Crippen molar-refractivity contribution in [2.45, 2.75) is 37.9 Å². The van der Waals surface area contributed by atoms with Crippen molar-refractivity contribution in [3.63, 3.8) is 0 Å². The Kier molecular flexibility index (Phi) is 7.26. The third-order valence-corrected chi connectivity index (χ3v) is 5.88. The summed E-state index contributed by atoms with van der Waals surface area (Å²) in [6.45, 7) is 2.38. The molecule has 11 heteroatoms. The van der Waals surface area contributed by atoms with Crippen LogP contribution in [-0.2, 0) is 16.6 Å². The van der Waals surface area contributed by atoms with Gasteiger partial charge < -0.3 is 10.6 Å². The normalized spacial score (nSPS) is 17.2. The van der Waals surface area contributed by atoms with E-state index in [2.05, 4.69) is 21.7 Å². The fraction of sp³-hybridized carbons (Fsp3) is 0.529. The molecule has 0 amide bonds. The van der Waals surface area contributed by atoms with Crippen molar-refractivity contribution in [1.29, 1.82) is 5.26 Å². The summed E-state index contributed by atoms with van der Waals surface area (Å²) in [6.07, 6.45) is 0.479. The molecule has 0 saturated carbocycles. The van der Waals surface area contributed by atoms with Crippen molar-refractivity contribution < 1.29 is 21.6 Å². The predicted molar refractivity (Wildman–Crippen MR) is 98.7 cm³/mol. The Labute approximate surface area is 162 Å². The number of benzene rings is 1. The van der Waals surface area contributed by atoms with E-state index in [4.69, 9.17) is 5.26 Å². The molecule has 1 aliphatic rings. The molecule has 0 unspecified atom stereocenters. The first-order valence-corrected chi connectivity index (χ1v) is 10.2. The Bertz CT molecular complexity index is 841. The van der Waals surface area contributed by atoms with Gasteiger partial charge in [-0.3, -0.25) is 0 Å². The van der Waals surface area contributed by atoms with Gasteiger partial charge in [-0.15, -0.1) is 0 Å². The van der Waals surface area contributed by atoms with Gasteiger partial charge in [0.25, 0.3) is 0 Å². The van der Waals surface area contributed by atoms with Crippen LogP contribution >= 0.6 is 0 Å². The van der Waals surface area contributed by atoms with E-state index in [1.54, 1.807) is 18.2 Å². The summed E-state index contributed by atoms with van der Waals surface area (Å²) < 4.78 is 61.4. The number of alkyl halides is 3. The van der Waals surface area contributed by atoms with Gasteiger partial charge in [0, 0.05) is 25.7 Å². The minimum absolute atomic E-state index is 0.192. The van der Waals surface area contributed by atoms with Crippen LogP contribution in [0.5, 0.6) is 0 Å². The van der Waals surface area contributed by atoms with Crippen LogP contribution in [0.15, 0.2) is 29.3 Å². The van der Waals surface area contributed by atoms with Crippen molar-refractivity contribution >= 4 is 16.0 Å². The number of nitriles is 1. The molecule has 0 spiro atoms. The van der Waals surface area contributed by atoms with Crippen molar-refractivity contribution in [2.75, 3.05) is 19.6 Å². The molecule has 2 rings (SSSR count). The van der Waals surface area contributed by atoms with E-state index < -0.39 is 15.5 Å². The van der Waals surface area contributed by atoms with Crippen LogP contribution in [0, 0.1) is 11.3 Å². The monoisotopic (exact) mass is 417 g/mol. The number of sulfonamides is 1. The number of nitrogens with one attached hydrogen (secondary N) is 2. The minimum atomic E-state index is -5.28. The molecular weight excluding hydrogens is 395 g/mol. The molecule has 7 nitrogen and oxygen atoms in total. The van der Waals surface area contributed by atoms with Crippen LogP contribution < -0.4 is 10.6 Å². The maximum absolute atomic E-state index is 12.6. The van der Waals surface area contributed by atoms with Crippen LogP contribution in [0.1, 0.15) is 30.9 Å². The minimum Gasteiger partial charge on any atom is -0.357 e. The second-order valence-corrected chi connectivity index (χ2v) is 8.21. The third kappa shape index (κ3) is 5.59. The van der Waals surface area contributed by atoms with E-state index in [0.29, 0.717) is 28.9 Å². The van der Waals surface area contributed by atoms with E-state index in [9.17, 15) is 21.6 Å². The number of piperidine rings is 1. The SMILES string of the molecule is CCNC(=NCc1cccc(C#N)c1)NC1CCN(S(=O)(=O)C(F)(F)F)CC1. The molecule has 1 heterocycles. The van der Waals surface area contributed by atoms with Gasteiger partial charge in [0.15, 0.2) is 5.96 Å². The second-order valence-electron chi connectivity index (χ2n) is 6.28. The Morgan fingerprint density at radius 1 is 1.36 bits per heavy atom. The molecule has 1 fully saturated rings. The maximum atomic E-state index is 12.6. The fourth-order valence-electron chi connectivity index (χ4n) is 2.81. The van der Waals surface area contributed by atoms with Gasteiger partial charge in [-0.2, -0.15) is 22.7 Å². The van der Waals surface area contributed by atoms with Gasteiger partial charge >= 0.3 is 15.5 Å². The van der Waals surface area contributed by atoms with Crippen molar-refractivity contribution in [1.82, 2.24) is 14.9 Å². The second kappa shape index (κ2) is 9.25. The Morgan fingerprint density at radius 3 is 2.61 bits per heavy atom. The molecule has 28 heavy (non-hydrogen) atoms. The fourth-order valence-corrected chi connectivity index (χ4v) is 3.79. The summed E-state index contributed by atoms with van der Waals surface area (Å²) in [5.74, 6) is 0.488. The van der Waals surface area contributed by atoms with Gasteiger partial charge in [-0.25, -0.2) is 13.4 Å². The number of aliphatic imine (C=N–C) groups is 1. The first-order chi connectivity index (χ1) is 13.2. The van der Waals surface area contributed by atoms with E-state index in [1.807, 2.05) is 13.0 Å². The third-order valence-electron chi connectivity index (χ3n) is 4.25. The maximum Gasteiger partial charge on any atom is 0.511 e. The van der Waals surface area contributed by atoms with Crippen molar-refractivity contribution in [3.05, 3.63) is 35.4 Å². The zero-order valence-electron chi connectivity index (χ0n) is 15.3. The van der Waals surface area contributed by atoms with Gasteiger partial charge in [-0.05, 0) is 37.5 Å². The molecule has 1 aromatic rings. The van der Waals surface area contributed by atoms with Crippen molar-refractivity contribution in [3.8, 4) is 6.07 Å². The lowest BCUT2D eigenvalue weighted by molar-refractivity contribution is -0.0494. The summed E-state index contributed by atoms with van der Waals surface area (Å²) >= 11 is 0. The topological polar surface area (TPSA) is 97.6 Å². The average molecular weight is 417 g/mol. The highest BCUT2D eigenvalue weighted by atomic mass is 32.2. The smallest absolute Gasteiger partial charge is 0.357 e. The average Bonchev–Trinajstić information content (AvgIpc) is 2.66. The van der Waals surface area contributed by atoms with E-state index in [0.717, 1.165) is 5.56 Å². The zero-order chi connectivity index (χ0) is 20.8. The molecule has 1 aromatic carbocycles. The molecule has 0 radical (unpaired) electrons. The Hall–Kier alpha value is -2.32. The first-order valence-electron chi connectivity index (χ1n) is 8.77. The van der Waals surface area contributed by atoms with Crippen LogP contribution in [0.2, 0.25) is 0 Å². The number of nitrogens with zero attached hydrogens (tertiary/aromatic N) is 3. The number of halogens is 3. The van der Waals surface area contributed by atoms with Crippen LogP contribution in [0.25, 0.3) is 0 Å². The highest BCUT2D eigenvalue weighted by Crippen LogP contribution is 2.28. The summed E-state index contributed by atoms with van der Waals surface area (Å²) in [5, 5.41) is 15.1. The van der Waals surface area contributed by atoms with Crippen LogP contribution in [-0.4, -0.2) is 49.9 Å². The highest BCUT2D eigenvalue weighted by molar-refractivity contribution is 7.90. The van der Waals surface area contributed by atoms with Crippen LogP contribution in [0.3, 0.4) is 0 Å². The predicted octanol–water partition coefficient (Wildman–Crippen LogP) is 1.93. The summed E-state index contributed by atoms with van der Waals surface area (Å²) in [7, 11) is -5.28. The Balaban J connectivity index is 1.97. The lowest BCUT2D eigenvalue weighted by Gasteiger charge is -2.32. The summed E-state index contributed by atoms with van der Waals surface area (Å²) in [6, 6.07) is 8.90. The van der Waals surface area contributed by atoms with Crippen molar-refractivity contribution in [2.24, 2.45) is 4.99 Å². The lowest BCUT2D eigenvalue weighted by Crippen LogP contribution is -2.51. The number of rotatable bonds is 5. The standard InChI is InChI=1S/C17H22F3N5O2S/c1-2-22-16(23-12-14-5-3-4-13(10-14)11-21)24-15-6-8-25(9-7-15)28(26,27)17(18,19)20/h3-5,10,15H,2,6-9,12H2,1H3,(H2,22,23,24). The highest BCUT2D eigenvalue weighted by Gasteiger charge is 2.50. The number of guanidine groups is 1. The van der Waals surface area contributed by atoms with Gasteiger partial charge in [0.2, 0.25) is 0 Å². The molecule has 2 N–H and O–H groups in total. The molecule has 0 aliphatic carbocycles. The molecule has 1 saturated heterocycles. The van der Waals surface area contributed by atoms with E-state index in [1.165, 1.54) is 0 Å². The quantitative estimate of drug-likeness (QED) is 0.564. The van der Waals surface area contributed by atoms with Gasteiger partial charge in [-0.1, -0.05) is 12.1 Å². The number of hydrogen-bond acceptors (Lipinski definition) is 4. The molecule has 0 atom stereocenters. The molecule has 154 valence electrons. The van der Waals surface area contributed by atoms with Gasteiger partial charge in [0.05, 0.1) is 18.2 Å². The molecule has 1 aliphatic heterocycles. The summed E-state index contributed by atoms with van der Waals surface area (Å²) in [4.78, 5) is 4.43. The van der Waals surface area contributed by atoms with Crippen LogP contribution in [0.4, 0.5) is 13.2 Å². The van der Waals surface area contributed by atoms with E-state index in [-0.39, 0.29) is 32.0 Å². The molecular formula is C17H22F3N5O2S. The van der Waals surface area contributed by atoms with Gasteiger partial charge in [0.1, 0.15) is 0 Å².